The fraction of sp³-hybridized carbons (Fsp3) is 0.318. The molecule has 0 radical (unpaired) electrons. The zero-order valence-electron chi connectivity index (χ0n) is 17.9. The van der Waals surface area contributed by atoms with Gasteiger partial charge in [0.1, 0.15) is 5.75 Å². The number of tetrazole rings is 1. The van der Waals surface area contributed by atoms with E-state index < -0.39 is 18.0 Å². The molecule has 0 aliphatic carbocycles. The molecule has 4 rings (SSSR count). The predicted octanol–water partition coefficient (Wildman–Crippen LogP) is 2.28. The molecule has 0 saturated carbocycles. The summed E-state index contributed by atoms with van der Waals surface area (Å²) >= 11 is 0. The molecule has 2 aromatic carbocycles. The Balaban J connectivity index is 1.67. The molecule has 1 unspecified atom stereocenters. The van der Waals surface area contributed by atoms with Gasteiger partial charge in [-0.15, -0.1) is 5.10 Å². The molecule has 0 bridgehead atoms. The maximum absolute atomic E-state index is 13.5. The van der Waals surface area contributed by atoms with E-state index in [4.69, 9.17) is 9.47 Å². The van der Waals surface area contributed by atoms with Gasteiger partial charge in [-0.05, 0) is 47.2 Å². The molecule has 2 heterocycles. The van der Waals surface area contributed by atoms with Crippen LogP contribution >= 0.6 is 0 Å². The number of carbonyl (C=O) groups is 2. The molecule has 1 fully saturated rings. The van der Waals surface area contributed by atoms with Gasteiger partial charge in [-0.3, -0.25) is 4.79 Å². The lowest BCUT2D eigenvalue weighted by atomic mass is 10.2. The van der Waals surface area contributed by atoms with Crippen molar-refractivity contribution in [3.63, 3.8) is 0 Å². The van der Waals surface area contributed by atoms with Crippen LogP contribution in [0.25, 0.3) is 0 Å². The highest BCUT2D eigenvalue weighted by Gasteiger charge is 2.49. The highest BCUT2D eigenvalue weighted by Crippen LogP contribution is 2.34. The number of hydrogen-bond donors (Lipinski definition) is 0. The topological polar surface area (TPSA) is 103 Å². The fourth-order valence-electron chi connectivity index (χ4n) is 3.63. The van der Waals surface area contributed by atoms with Gasteiger partial charge in [0.05, 0.1) is 25.4 Å². The highest BCUT2D eigenvalue weighted by atomic mass is 16.5. The van der Waals surface area contributed by atoms with E-state index in [9.17, 15) is 9.59 Å². The summed E-state index contributed by atoms with van der Waals surface area (Å²) in [5, 5.41) is 11.9. The van der Waals surface area contributed by atoms with Gasteiger partial charge in [0, 0.05) is 13.7 Å². The lowest BCUT2D eigenvalue weighted by Crippen LogP contribution is -2.35. The monoisotopic (exact) mass is 436 g/mol. The van der Waals surface area contributed by atoms with Crippen LogP contribution in [0.15, 0.2) is 54.6 Å². The summed E-state index contributed by atoms with van der Waals surface area (Å²) in [4.78, 5) is 29.4. The van der Waals surface area contributed by atoms with Crippen molar-refractivity contribution in [1.29, 1.82) is 0 Å². The molecule has 3 amide bonds. The van der Waals surface area contributed by atoms with Gasteiger partial charge >= 0.3 is 6.03 Å². The number of rotatable bonds is 9. The summed E-state index contributed by atoms with van der Waals surface area (Å²) in [6, 6.07) is 15.1. The molecule has 1 aliphatic heterocycles. The largest absolute Gasteiger partial charge is 0.494 e. The average Bonchev–Trinajstić information content (AvgIpc) is 3.35. The van der Waals surface area contributed by atoms with Crippen LogP contribution in [-0.4, -0.2) is 63.9 Å². The Morgan fingerprint density at radius 3 is 2.47 bits per heavy atom. The Hall–Kier alpha value is -3.79. The molecule has 0 spiro atoms. The molecule has 3 aromatic rings. The van der Waals surface area contributed by atoms with Crippen molar-refractivity contribution in [2.45, 2.75) is 19.5 Å². The van der Waals surface area contributed by atoms with Gasteiger partial charge in [-0.25, -0.2) is 14.4 Å². The van der Waals surface area contributed by atoms with Crippen molar-refractivity contribution in [2.24, 2.45) is 0 Å². The van der Waals surface area contributed by atoms with E-state index in [0.717, 1.165) is 10.5 Å². The number of benzene rings is 2. The van der Waals surface area contributed by atoms with E-state index in [-0.39, 0.29) is 13.2 Å². The van der Waals surface area contributed by atoms with E-state index in [1.54, 1.807) is 36.1 Å². The van der Waals surface area contributed by atoms with E-state index in [1.807, 2.05) is 37.3 Å². The number of anilines is 1. The van der Waals surface area contributed by atoms with Crippen molar-refractivity contribution in [2.75, 3.05) is 31.8 Å². The predicted molar refractivity (Wildman–Crippen MR) is 115 cm³/mol. The lowest BCUT2D eigenvalue weighted by Gasteiger charge is -2.20. The van der Waals surface area contributed by atoms with Crippen LogP contribution in [0.5, 0.6) is 5.75 Å². The molecule has 10 heteroatoms. The Morgan fingerprint density at radius 2 is 1.78 bits per heavy atom. The minimum Gasteiger partial charge on any atom is -0.494 e. The van der Waals surface area contributed by atoms with Gasteiger partial charge in [-0.2, -0.15) is 0 Å². The lowest BCUT2D eigenvalue weighted by molar-refractivity contribution is -0.120. The van der Waals surface area contributed by atoms with Crippen LogP contribution in [0.3, 0.4) is 0 Å². The second-order valence-electron chi connectivity index (χ2n) is 7.15. The minimum atomic E-state index is -0.956. The zero-order chi connectivity index (χ0) is 22.5. The fourth-order valence-corrected chi connectivity index (χ4v) is 3.63. The number of imide groups is 1. The van der Waals surface area contributed by atoms with Crippen LogP contribution in [0, 0.1) is 0 Å². The van der Waals surface area contributed by atoms with Crippen molar-refractivity contribution >= 4 is 17.6 Å². The first-order chi connectivity index (χ1) is 15.6. The van der Waals surface area contributed by atoms with Gasteiger partial charge in [0.15, 0.2) is 11.9 Å². The summed E-state index contributed by atoms with van der Waals surface area (Å²) in [5.41, 5.74) is 1.43. The maximum atomic E-state index is 13.5. The number of urea groups is 1. The Labute approximate surface area is 185 Å². The normalized spacial score (nSPS) is 16.1. The molecule has 1 saturated heterocycles. The SMILES string of the molecule is CCOc1ccc(N2C(=O)C(c3nnnn3Cc3ccccc3)N(CCOC)C2=O)cc1. The number of aromatic nitrogens is 4. The summed E-state index contributed by atoms with van der Waals surface area (Å²) in [7, 11) is 1.54. The van der Waals surface area contributed by atoms with Crippen LogP contribution in [0.2, 0.25) is 0 Å². The number of hydrogen-bond acceptors (Lipinski definition) is 7. The van der Waals surface area contributed by atoms with Crippen LogP contribution in [-0.2, 0) is 16.1 Å². The van der Waals surface area contributed by atoms with E-state index in [0.29, 0.717) is 30.4 Å². The van der Waals surface area contributed by atoms with Gasteiger partial charge in [-0.1, -0.05) is 30.3 Å². The molecule has 1 aromatic heterocycles. The second-order valence-corrected chi connectivity index (χ2v) is 7.15. The quantitative estimate of drug-likeness (QED) is 0.474. The standard InChI is InChI=1S/C22H24N6O4/c1-3-32-18-11-9-17(10-12-18)28-21(29)19(26(22(28)30)13-14-31-2)20-23-24-25-27(20)15-16-7-5-4-6-8-16/h4-12,19H,3,13-15H2,1-2H3. The number of carbonyl (C=O) groups excluding carboxylic acids is 2. The summed E-state index contributed by atoms with van der Waals surface area (Å²) in [6.07, 6.45) is 0. The molecule has 32 heavy (non-hydrogen) atoms. The van der Waals surface area contributed by atoms with E-state index in [1.165, 1.54) is 4.90 Å². The first-order valence-electron chi connectivity index (χ1n) is 10.3. The van der Waals surface area contributed by atoms with Gasteiger partial charge < -0.3 is 14.4 Å². The third-order valence-electron chi connectivity index (χ3n) is 5.12. The zero-order valence-corrected chi connectivity index (χ0v) is 17.9. The van der Waals surface area contributed by atoms with Crippen molar-refractivity contribution in [1.82, 2.24) is 25.1 Å². The molecule has 10 nitrogen and oxygen atoms in total. The third-order valence-corrected chi connectivity index (χ3v) is 5.12. The molecule has 1 atom stereocenters. The number of amides is 3. The molecular formula is C22H24N6O4. The van der Waals surface area contributed by atoms with Crippen LogP contribution in [0.4, 0.5) is 10.5 Å². The molecule has 0 N–H and O–H groups in total. The van der Waals surface area contributed by atoms with Crippen LogP contribution in [0.1, 0.15) is 24.4 Å². The minimum absolute atomic E-state index is 0.220. The summed E-state index contributed by atoms with van der Waals surface area (Å²) in [5.74, 6) is 0.547. The number of nitrogens with zero attached hydrogens (tertiary/aromatic N) is 6. The summed E-state index contributed by atoms with van der Waals surface area (Å²) < 4.78 is 12.2. The van der Waals surface area contributed by atoms with Crippen LogP contribution < -0.4 is 9.64 Å². The number of methoxy groups -OCH3 is 1. The average molecular weight is 436 g/mol. The highest BCUT2D eigenvalue weighted by molar-refractivity contribution is 6.21. The first-order valence-corrected chi connectivity index (χ1v) is 10.3. The van der Waals surface area contributed by atoms with E-state index >= 15 is 0 Å². The van der Waals surface area contributed by atoms with Gasteiger partial charge in [0.2, 0.25) is 0 Å². The third kappa shape index (κ3) is 4.17. The number of ether oxygens (including phenoxy) is 2. The Bertz CT molecular complexity index is 1070. The smallest absolute Gasteiger partial charge is 0.332 e. The first kappa shape index (κ1) is 21.4. The Kier molecular flexibility index (Phi) is 6.41. The molecule has 166 valence electrons. The van der Waals surface area contributed by atoms with Gasteiger partial charge in [0.25, 0.3) is 5.91 Å². The maximum Gasteiger partial charge on any atom is 0.332 e. The summed E-state index contributed by atoms with van der Waals surface area (Å²) in [6.45, 7) is 3.28. The molecule has 1 aliphatic rings. The Morgan fingerprint density at radius 1 is 1.03 bits per heavy atom. The van der Waals surface area contributed by atoms with E-state index in [2.05, 4.69) is 15.5 Å². The second kappa shape index (κ2) is 9.56. The molecular weight excluding hydrogens is 412 g/mol. The van der Waals surface area contributed by atoms with Crippen molar-refractivity contribution < 1.29 is 19.1 Å². The van der Waals surface area contributed by atoms with Crippen molar-refractivity contribution in [3.8, 4) is 5.75 Å². The van der Waals surface area contributed by atoms with Crippen molar-refractivity contribution in [3.05, 3.63) is 66.0 Å².